The van der Waals surface area contributed by atoms with Gasteiger partial charge in [-0.15, -0.1) is 5.10 Å². The average Bonchev–Trinajstić information content (AvgIpc) is 3.22. The lowest BCUT2D eigenvalue weighted by Gasteiger charge is -2.33. The zero-order valence-electron chi connectivity index (χ0n) is 17.7. The minimum Gasteiger partial charge on any atom is -0.293 e. The molecule has 0 saturated carbocycles. The van der Waals surface area contributed by atoms with E-state index in [0.717, 1.165) is 17.3 Å². The molecule has 0 unspecified atom stereocenters. The van der Waals surface area contributed by atoms with Crippen LogP contribution in [-0.4, -0.2) is 68.9 Å². The maximum absolute atomic E-state index is 13.1. The molecule has 0 N–H and O–H groups in total. The van der Waals surface area contributed by atoms with Crippen LogP contribution in [0.25, 0.3) is 5.69 Å². The van der Waals surface area contributed by atoms with Gasteiger partial charge in [0.25, 0.3) is 5.69 Å². The molecule has 0 spiro atoms. The number of nitro groups is 1. The summed E-state index contributed by atoms with van der Waals surface area (Å²) in [6.07, 6.45) is 0. The minimum absolute atomic E-state index is 0.0246. The molecule has 1 fully saturated rings. The summed E-state index contributed by atoms with van der Waals surface area (Å²) < 4.78 is 29.3. The molecule has 0 amide bonds. The summed E-state index contributed by atoms with van der Waals surface area (Å²) in [6, 6.07) is 11.8. The van der Waals surface area contributed by atoms with Gasteiger partial charge < -0.3 is 0 Å². The Morgan fingerprint density at radius 3 is 2.38 bits per heavy atom. The van der Waals surface area contributed by atoms with Crippen LogP contribution in [0.4, 0.5) is 5.69 Å². The number of piperazine rings is 1. The van der Waals surface area contributed by atoms with Gasteiger partial charge in [0, 0.05) is 38.3 Å². The fourth-order valence-electron chi connectivity index (χ4n) is 3.64. The second-order valence-corrected chi connectivity index (χ2v) is 9.64. The Labute approximate surface area is 185 Å². The molecule has 1 aliphatic rings. The van der Waals surface area contributed by atoms with Crippen molar-refractivity contribution in [3.8, 4) is 5.69 Å². The molecule has 0 aliphatic carbocycles. The van der Waals surface area contributed by atoms with Crippen LogP contribution in [-0.2, 0) is 16.6 Å². The van der Waals surface area contributed by atoms with Crippen LogP contribution in [0.2, 0.25) is 0 Å². The summed E-state index contributed by atoms with van der Waals surface area (Å²) in [5.41, 5.74) is 2.24. The normalized spacial score (nSPS) is 15.7. The van der Waals surface area contributed by atoms with E-state index in [-0.39, 0.29) is 23.7 Å². The zero-order chi connectivity index (χ0) is 22.9. The molecule has 2 heterocycles. The Bertz CT molecular complexity index is 1230. The number of nitrogens with zero attached hydrogens (tertiary/aromatic N) is 7. The van der Waals surface area contributed by atoms with Gasteiger partial charge in [0.1, 0.15) is 0 Å². The van der Waals surface area contributed by atoms with Gasteiger partial charge >= 0.3 is 0 Å². The number of aryl methyl sites for hydroxylation is 2. The number of aromatic nitrogens is 4. The van der Waals surface area contributed by atoms with Crippen molar-refractivity contribution in [2.24, 2.45) is 0 Å². The molecule has 32 heavy (non-hydrogen) atoms. The van der Waals surface area contributed by atoms with Crippen molar-refractivity contribution >= 4 is 15.7 Å². The third kappa shape index (κ3) is 4.38. The van der Waals surface area contributed by atoms with Crippen molar-refractivity contribution in [3.63, 3.8) is 0 Å². The van der Waals surface area contributed by atoms with Crippen LogP contribution < -0.4 is 0 Å². The summed E-state index contributed by atoms with van der Waals surface area (Å²) in [5.74, 6) is 0.666. The molecule has 0 radical (unpaired) electrons. The Balaban J connectivity index is 1.45. The lowest BCUT2D eigenvalue weighted by atomic mass is 10.2. The molecule has 2 aromatic carbocycles. The maximum atomic E-state index is 13.1. The van der Waals surface area contributed by atoms with Crippen LogP contribution in [0.1, 0.15) is 17.0 Å². The van der Waals surface area contributed by atoms with Crippen LogP contribution >= 0.6 is 0 Å². The van der Waals surface area contributed by atoms with Crippen molar-refractivity contribution in [2.75, 3.05) is 26.2 Å². The molecule has 1 aliphatic heterocycles. The second kappa shape index (κ2) is 8.73. The Morgan fingerprint density at radius 2 is 1.72 bits per heavy atom. The monoisotopic (exact) mass is 457 g/mol. The number of sulfonamides is 1. The largest absolute Gasteiger partial charge is 0.293 e. The second-order valence-electron chi connectivity index (χ2n) is 7.73. The number of hydrogen-bond acceptors (Lipinski definition) is 8. The van der Waals surface area contributed by atoms with E-state index >= 15 is 0 Å². The van der Waals surface area contributed by atoms with E-state index in [4.69, 9.17) is 0 Å². The van der Waals surface area contributed by atoms with Crippen LogP contribution in [0.3, 0.4) is 0 Å². The highest BCUT2D eigenvalue weighted by molar-refractivity contribution is 7.89. The third-order valence-corrected chi connectivity index (χ3v) is 7.55. The predicted molar refractivity (Wildman–Crippen MR) is 116 cm³/mol. The molecule has 168 valence electrons. The number of benzene rings is 2. The first-order chi connectivity index (χ1) is 15.3. The van der Waals surface area contributed by atoms with Crippen LogP contribution in [0.5, 0.6) is 0 Å². The van der Waals surface area contributed by atoms with Gasteiger partial charge in [-0.2, -0.15) is 8.99 Å². The van der Waals surface area contributed by atoms with Gasteiger partial charge in [-0.1, -0.05) is 23.8 Å². The number of non-ortho nitro benzene ring substituents is 1. The Morgan fingerprint density at radius 1 is 1.03 bits per heavy atom. The zero-order valence-corrected chi connectivity index (χ0v) is 18.6. The van der Waals surface area contributed by atoms with E-state index in [9.17, 15) is 18.5 Å². The number of rotatable bonds is 6. The van der Waals surface area contributed by atoms with Gasteiger partial charge in [0.2, 0.25) is 10.0 Å². The molecular weight excluding hydrogens is 434 g/mol. The number of nitro benzene ring substituents is 1. The third-order valence-electron chi connectivity index (χ3n) is 5.51. The summed E-state index contributed by atoms with van der Waals surface area (Å²) >= 11 is 0. The van der Waals surface area contributed by atoms with Crippen molar-refractivity contribution in [1.29, 1.82) is 0 Å². The lowest BCUT2D eigenvalue weighted by molar-refractivity contribution is -0.385. The molecule has 0 atom stereocenters. The van der Waals surface area contributed by atoms with Gasteiger partial charge in [0.05, 0.1) is 22.1 Å². The van der Waals surface area contributed by atoms with Gasteiger partial charge in [0.15, 0.2) is 5.82 Å². The van der Waals surface area contributed by atoms with E-state index in [1.807, 2.05) is 31.2 Å². The molecule has 3 aromatic rings. The maximum Gasteiger partial charge on any atom is 0.270 e. The Kier molecular flexibility index (Phi) is 6.00. The van der Waals surface area contributed by atoms with Crippen molar-refractivity contribution in [2.45, 2.75) is 25.3 Å². The van der Waals surface area contributed by atoms with E-state index in [1.165, 1.54) is 16.4 Å². The van der Waals surface area contributed by atoms with E-state index in [0.29, 0.717) is 31.0 Å². The van der Waals surface area contributed by atoms with Crippen LogP contribution in [0, 0.1) is 24.0 Å². The molecule has 0 bridgehead atoms. The average molecular weight is 458 g/mol. The van der Waals surface area contributed by atoms with Crippen molar-refractivity contribution < 1.29 is 13.3 Å². The number of tetrazole rings is 1. The lowest BCUT2D eigenvalue weighted by Crippen LogP contribution is -2.48. The SMILES string of the molecule is Cc1ccc(-n2nnnc2CN2CCN(S(=O)(=O)c3cc([N+](=O)[O-])ccc3C)CC2)cc1. The predicted octanol–water partition coefficient (Wildman–Crippen LogP) is 1.69. The molecule has 4 rings (SSSR count). The quantitative estimate of drug-likeness (QED) is 0.404. The van der Waals surface area contributed by atoms with Gasteiger partial charge in [-0.3, -0.25) is 15.0 Å². The molecule has 11 nitrogen and oxygen atoms in total. The summed E-state index contributed by atoms with van der Waals surface area (Å²) in [7, 11) is -3.83. The summed E-state index contributed by atoms with van der Waals surface area (Å²) in [6.45, 7) is 5.66. The minimum atomic E-state index is -3.83. The topological polar surface area (TPSA) is 127 Å². The first-order valence-electron chi connectivity index (χ1n) is 10.1. The molecule has 1 saturated heterocycles. The van der Waals surface area contributed by atoms with Gasteiger partial charge in [-0.25, -0.2) is 8.42 Å². The molecular formula is C20H23N7O4S. The molecule has 12 heteroatoms. The molecule has 1 aromatic heterocycles. The van der Waals surface area contributed by atoms with E-state index in [1.54, 1.807) is 11.6 Å². The first-order valence-corrected chi connectivity index (χ1v) is 11.5. The van der Waals surface area contributed by atoms with Gasteiger partial charge in [-0.05, 0) is 42.0 Å². The smallest absolute Gasteiger partial charge is 0.270 e. The Hall–Kier alpha value is -3.22. The summed E-state index contributed by atoms with van der Waals surface area (Å²) in [4.78, 5) is 12.6. The fraction of sp³-hybridized carbons (Fsp3) is 0.350. The number of hydrogen-bond donors (Lipinski definition) is 0. The highest BCUT2D eigenvalue weighted by Crippen LogP contribution is 2.25. The highest BCUT2D eigenvalue weighted by atomic mass is 32.2. The van der Waals surface area contributed by atoms with Crippen LogP contribution in [0.15, 0.2) is 47.4 Å². The standard InChI is InChI=1S/C20H23N7O4S/c1-15-3-6-17(7-4-15)26-20(21-22-23-26)14-24-9-11-25(12-10-24)32(30,31)19-13-18(27(28)29)8-5-16(19)2/h3-8,13H,9-12,14H2,1-2H3. The first kappa shape index (κ1) is 22.0. The fourth-order valence-corrected chi connectivity index (χ4v) is 5.30. The van der Waals surface area contributed by atoms with Crippen molar-refractivity contribution in [1.82, 2.24) is 29.4 Å². The highest BCUT2D eigenvalue weighted by Gasteiger charge is 2.31. The summed E-state index contributed by atoms with van der Waals surface area (Å²) in [5, 5.41) is 23.1. The van der Waals surface area contributed by atoms with E-state index < -0.39 is 14.9 Å². The van der Waals surface area contributed by atoms with E-state index in [2.05, 4.69) is 20.4 Å². The van der Waals surface area contributed by atoms with Crippen molar-refractivity contribution in [3.05, 3.63) is 69.5 Å².